The number of pyridine rings is 1. The van der Waals surface area contributed by atoms with Gasteiger partial charge in [0.05, 0.1) is 6.20 Å². The molecule has 0 radical (unpaired) electrons. The minimum absolute atomic E-state index is 0.292. The zero-order valence-electron chi connectivity index (χ0n) is 13.0. The molecule has 3 rings (SSSR count). The Bertz CT molecular complexity index is 492. The summed E-state index contributed by atoms with van der Waals surface area (Å²) < 4.78 is 40.1. The summed E-state index contributed by atoms with van der Waals surface area (Å²) in [6, 6.07) is 3.91. The number of rotatable bonds is 4. The van der Waals surface area contributed by atoms with Gasteiger partial charge in [-0.05, 0) is 37.8 Å². The fourth-order valence-electron chi connectivity index (χ4n) is 3.55. The lowest BCUT2D eigenvalue weighted by Gasteiger charge is -2.36. The van der Waals surface area contributed by atoms with Crippen LogP contribution in [0.3, 0.4) is 0 Å². The summed E-state index contributed by atoms with van der Waals surface area (Å²) >= 11 is 0. The Morgan fingerprint density at radius 1 is 1.09 bits per heavy atom. The van der Waals surface area contributed by atoms with Crippen LogP contribution in [-0.4, -0.2) is 41.4 Å². The Morgan fingerprint density at radius 2 is 1.78 bits per heavy atom. The summed E-state index contributed by atoms with van der Waals surface area (Å²) in [5, 5.41) is 3.31. The second-order valence-corrected chi connectivity index (χ2v) is 6.32. The van der Waals surface area contributed by atoms with E-state index in [0.29, 0.717) is 11.9 Å². The highest BCUT2D eigenvalue weighted by molar-refractivity contribution is 5.38. The number of halogens is 3. The maximum Gasteiger partial charge on any atom is 0.573 e. The summed E-state index contributed by atoms with van der Waals surface area (Å²) in [6.07, 6.45) is 3.84. The molecule has 7 heteroatoms. The predicted octanol–water partition coefficient (Wildman–Crippen LogP) is 3.80. The zero-order chi connectivity index (χ0) is 16.3. The molecule has 0 bridgehead atoms. The van der Waals surface area contributed by atoms with Gasteiger partial charge in [0.1, 0.15) is 11.6 Å². The van der Waals surface area contributed by atoms with E-state index in [1.54, 1.807) is 0 Å². The van der Waals surface area contributed by atoms with Gasteiger partial charge in [0.2, 0.25) is 0 Å². The van der Waals surface area contributed by atoms with Gasteiger partial charge in [-0.15, -0.1) is 13.2 Å². The molecule has 4 nitrogen and oxygen atoms in total. The van der Waals surface area contributed by atoms with E-state index >= 15 is 0 Å². The van der Waals surface area contributed by atoms with Crippen molar-refractivity contribution in [2.24, 2.45) is 0 Å². The zero-order valence-corrected chi connectivity index (χ0v) is 13.0. The largest absolute Gasteiger partial charge is 0.573 e. The van der Waals surface area contributed by atoms with E-state index in [4.69, 9.17) is 0 Å². The van der Waals surface area contributed by atoms with E-state index < -0.39 is 6.36 Å². The van der Waals surface area contributed by atoms with Crippen molar-refractivity contribution in [2.75, 3.05) is 18.4 Å². The molecule has 2 aliphatic rings. The lowest BCUT2D eigenvalue weighted by atomic mass is 10.0. The van der Waals surface area contributed by atoms with Gasteiger partial charge in [0, 0.05) is 25.2 Å². The molecule has 2 heterocycles. The number of hydrogen-bond donors (Lipinski definition) is 1. The van der Waals surface area contributed by atoms with Crippen molar-refractivity contribution in [3.63, 3.8) is 0 Å². The number of anilines is 1. The lowest BCUT2D eigenvalue weighted by molar-refractivity contribution is -0.274. The van der Waals surface area contributed by atoms with Crippen molar-refractivity contribution < 1.29 is 17.9 Å². The maximum absolute atomic E-state index is 12.1. The van der Waals surface area contributed by atoms with Crippen LogP contribution in [0.2, 0.25) is 0 Å². The van der Waals surface area contributed by atoms with Gasteiger partial charge in [0.15, 0.2) is 0 Å². The number of aromatic nitrogens is 1. The van der Waals surface area contributed by atoms with Crippen LogP contribution < -0.4 is 10.1 Å². The number of piperidine rings is 1. The van der Waals surface area contributed by atoms with Crippen LogP contribution in [-0.2, 0) is 0 Å². The summed E-state index contributed by atoms with van der Waals surface area (Å²) in [6.45, 7) is 2.16. The van der Waals surface area contributed by atoms with Crippen LogP contribution in [0.15, 0.2) is 18.3 Å². The van der Waals surface area contributed by atoms with Gasteiger partial charge in [-0.2, -0.15) is 0 Å². The first-order valence-electron chi connectivity index (χ1n) is 8.22. The van der Waals surface area contributed by atoms with Crippen molar-refractivity contribution >= 4 is 5.82 Å². The van der Waals surface area contributed by atoms with Crippen LogP contribution in [0.4, 0.5) is 19.0 Å². The molecule has 0 unspecified atom stereocenters. The number of ether oxygens (including phenoxy) is 1. The molecule has 1 aromatic heterocycles. The van der Waals surface area contributed by atoms with Crippen molar-refractivity contribution in [1.29, 1.82) is 0 Å². The van der Waals surface area contributed by atoms with Crippen molar-refractivity contribution in [2.45, 2.75) is 57.0 Å². The van der Waals surface area contributed by atoms with Crippen LogP contribution in [0.5, 0.6) is 5.75 Å². The molecule has 1 N–H and O–H groups in total. The molecule has 1 aliphatic carbocycles. The molecule has 2 fully saturated rings. The standard InChI is InChI=1S/C16H22F3N3O/c17-16(18,19)23-14-5-6-15(20-11-14)21-12-7-9-22(10-8-12)13-3-1-2-4-13/h5-6,11-13H,1-4,7-10H2,(H,20,21). The molecule has 1 saturated heterocycles. The first kappa shape index (κ1) is 16.4. The highest BCUT2D eigenvalue weighted by Gasteiger charge is 2.31. The van der Waals surface area contributed by atoms with Gasteiger partial charge < -0.3 is 15.0 Å². The fraction of sp³-hybridized carbons (Fsp3) is 0.688. The van der Waals surface area contributed by atoms with E-state index in [0.717, 1.165) is 38.2 Å². The Labute approximate surface area is 134 Å². The summed E-state index contributed by atoms with van der Waals surface area (Å²) in [7, 11) is 0. The molecule has 1 aromatic rings. The highest BCUT2D eigenvalue weighted by atomic mass is 19.4. The summed E-state index contributed by atoms with van der Waals surface area (Å²) in [4.78, 5) is 6.59. The molecule has 1 aliphatic heterocycles. The van der Waals surface area contributed by atoms with E-state index in [1.165, 1.54) is 37.8 Å². The average molecular weight is 329 g/mol. The van der Waals surface area contributed by atoms with Gasteiger partial charge in [-0.1, -0.05) is 12.8 Å². The molecule has 1 saturated carbocycles. The number of nitrogens with one attached hydrogen (secondary N) is 1. The predicted molar refractivity (Wildman–Crippen MR) is 81.4 cm³/mol. The Kier molecular flexibility index (Phi) is 4.94. The average Bonchev–Trinajstić information content (AvgIpc) is 3.03. The molecule has 128 valence electrons. The maximum atomic E-state index is 12.1. The van der Waals surface area contributed by atoms with Gasteiger partial charge in [-0.3, -0.25) is 0 Å². The van der Waals surface area contributed by atoms with Crippen molar-refractivity contribution in [3.05, 3.63) is 18.3 Å². The van der Waals surface area contributed by atoms with Crippen LogP contribution >= 0.6 is 0 Å². The Morgan fingerprint density at radius 3 is 2.35 bits per heavy atom. The van der Waals surface area contributed by atoms with E-state index in [9.17, 15) is 13.2 Å². The van der Waals surface area contributed by atoms with Crippen LogP contribution in [0.25, 0.3) is 0 Å². The van der Waals surface area contributed by atoms with Gasteiger partial charge >= 0.3 is 6.36 Å². The number of alkyl halides is 3. The number of hydrogen-bond acceptors (Lipinski definition) is 4. The third-order valence-electron chi connectivity index (χ3n) is 4.69. The smallest absolute Gasteiger partial charge is 0.404 e. The van der Waals surface area contributed by atoms with Gasteiger partial charge in [-0.25, -0.2) is 4.98 Å². The molecular formula is C16H22F3N3O. The van der Waals surface area contributed by atoms with Crippen molar-refractivity contribution in [1.82, 2.24) is 9.88 Å². The molecular weight excluding hydrogens is 307 g/mol. The second kappa shape index (κ2) is 6.95. The summed E-state index contributed by atoms with van der Waals surface area (Å²) in [5.41, 5.74) is 0. The van der Waals surface area contributed by atoms with Gasteiger partial charge in [0.25, 0.3) is 0 Å². The molecule has 0 spiro atoms. The molecule has 0 aromatic carbocycles. The van der Waals surface area contributed by atoms with E-state index in [1.807, 2.05) is 0 Å². The fourth-order valence-corrected chi connectivity index (χ4v) is 3.55. The van der Waals surface area contributed by atoms with Crippen molar-refractivity contribution in [3.8, 4) is 5.75 Å². The van der Waals surface area contributed by atoms with Crippen LogP contribution in [0, 0.1) is 0 Å². The molecule has 0 atom stereocenters. The number of likely N-dealkylation sites (tertiary alicyclic amines) is 1. The normalized spacial score (nSPS) is 21.5. The SMILES string of the molecule is FC(F)(F)Oc1ccc(NC2CCN(C3CCCC3)CC2)nc1. The Hall–Kier alpha value is -1.50. The molecule has 0 amide bonds. The first-order chi connectivity index (χ1) is 11.0. The minimum atomic E-state index is -4.68. The van der Waals surface area contributed by atoms with E-state index in [-0.39, 0.29) is 5.75 Å². The Balaban J connectivity index is 1.46. The second-order valence-electron chi connectivity index (χ2n) is 6.32. The lowest BCUT2D eigenvalue weighted by Crippen LogP contribution is -2.43. The van der Waals surface area contributed by atoms with Crippen LogP contribution in [0.1, 0.15) is 38.5 Å². The number of nitrogens with zero attached hydrogens (tertiary/aromatic N) is 2. The first-order valence-corrected chi connectivity index (χ1v) is 8.22. The highest BCUT2D eigenvalue weighted by Crippen LogP contribution is 2.27. The summed E-state index contributed by atoms with van der Waals surface area (Å²) in [5.74, 6) is 0.304. The minimum Gasteiger partial charge on any atom is -0.404 e. The monoisotopic (exact) mass is 329 g/mol. The molecule has 23 heavy (non-hydrogen) atoms. The third-order valence-corrected chi connectivity index (χ3v) is 4.69. The van der Waals surface area contributed by atoms with E-state index in [2.05, 4.69) is 19.9 Å². The third kappa shape index (κ3) is 4.73. The quantitative estimate of drug-likeness (QED) is 0.912. The topological polar surface area (TPSA) is 37.4 Å².